The molecule has 2 rings (SSSR count). The molecule has 1 aromatic rings. The molecule has 0 amide bonds. The summed E-state index contributed by atoms with van der Waals surface area (Å²) in [6.07, 6.45) is 0.657. The van der Waals surface area contributed by atoms with E-state index in [0.29, 0.717) is 26.1 Å². The molecule has 0 aliphatic carbocycles. The van der Waals surface area contributed by atoms with Crippen LogP contribution in [0.5, 0.6) is 0 Å². The van der Waals surface area contributed by atoms with Gasteiger partial charge in [-0.25, -0.2) is 4.79 Å². The normalized spacial score (nSPS) is 20.2. The van der Waals surface area contributed by atoms with Crippen molar-refractivity contribution in [1.82, 2.24) is 5.32 Å². The number of nitrogens with one attached hydrogen (secondary N) is 1. The monoisotopic (exact) mass is 306 g/mol. The van der Waals surface area contributed by atoms with Gasteiger partial charge in [0.1, 0.15) is 5.54 Å². The number of fused-ring (bicyclic) bond motifs is 1. The van der Waals surface area contributed by atoms with Gasteiger partial charge in [0.05, 0.1) is 6.61 Å². The molecule has 0 saturated heterocycles. The Balaban J connectivity index is 2.32. The van der Waals surface area contributed by atoms with Gasteiger partial charge in [0, 0.05) is 28.6 Å². The second kappa shape index (κ2) is 7.36. The van der Waals surface area contributed by atoms with E-state index in [1.54, 1.807) is 18.7 Å². The minimum absolute atomic E-state index is 0.265. The second-order valence-electron chi connectivity index (χ2n) is 4.60. The maximum absolute atomic E-state index is 12.5. The highest BCUT2D eigenvalue weighted by Gasteiger charge is 2.44. The van der Waals surface area contributed by atoms with Gasteiger partial charge in [0.25, 0.3) is 0 Å². The number of hydrogen-bond donors (Lipinski definition) is 1. The van der Waals surface area contributed by atoms with E-state index in [0.717, 1.165) is 16.2 Å². The lowest BCUT2D eigenvalue weighted by molar-refractivity contribution is -0.152. The van der Waals surface area contributed by atoms with Gasteiger partial charge in [0.15, 0.2) is 0 Å². The first-order chi connectivity index (χ1) is 10.2. The molecular formula is C14H18N4O2S. The topological polar surface area (TPSA) is 87.1 Å². The van der Waals surface area contributed by atoms with Crippen LogP contribution in [0.15, 0.2) is 34.3 Å². The van der Waals surface area contributed by atoms with Crippen molar-refractivity contribution < 1.29 is 9.53 Å². The molecule has 1 aliphatic rings. The maximum atomic E-state index is 12.5. The molecule has 1 aromatic carbocycles. The molecular weight excluding hydrogens is 288 g/mol. The number of carbonyl (C=O) groups is 1. The Morgan fingerprint density at radius 3 is 3.14 bits per heavy atom. The van der Waals surface area contributed by atoms with Crippen LogP contribution in [-0.2, 0) is 15.1 Å². The molecule has 1 heterocycles. The minimum atomic E-state index is -0.844. The van der Waals surface area contributed by atoms with Gasteiger partial charge < -0.3 is 4.74 Å². The van der Waals surface area contributed by atoms with Crippen LogP contribution in [0, 0.1) is 0 Å². The Labute approximate surface area is 127 Å². The summed E-state index contributed by atoms with van der Waals surface area (Å²) in [7, 11) is 0. The summed E-state index contributed by atoms with van der Waals surface area (Å²) in [5.41, 5.74) is 8.45. The van der Waals surface area contributed by atoms with Crippen molar-refractivity contribution in [2.45, 2.75) is 23.8 Å². The fraction of sp³-hybridized carbons (Fsp3) is 0.500. The molecule has 0 aromatic heterocycles. The Hall–Kier alpha value is -1.69. The molecule has 0 saturated carbocycles. The van der Waals surface area contributed by atoms with Crippen LogP contribution in [0.4, 0.5) is 0 Å². The highest BCUT2D eigenvalue weighted by molar-refractivity contribution is 7.99. The Bertz CT molecular complexity index is 560. The van der Waals surface area contributed by atoms with Crippen LogP contribution in [-0.4, -0.2) is 31.4 Å². The number of esters is 1. The van der Waals surface area contributed by atoms with Gasteiger partial charge in [-0.1, -0.05) is 23.3 Å². The Morgan fingerprint density at radius 2 is 2.38 bits per heavy atom. The Morgan fingerprint density at radius 1 is 1.57 bits per heavy atom. The number of nitrogens with zero attached hydrogens (tertiary/aromatic N) is 3. The van der Waals surface area contributed by atoms with E-state index in [1.807, 2.05) is 24.3 Å². The predicted octanol–water partition coefficient (Wildman–Crippen LogP) is 2.84. The van der Waals surface area contributed by atoms with E-state index in [-0.39, 0.29) is 5.97 Å². The van der Waals surface area contributed by atoms with Crippen LogP contribution in [0.2, 0.25) is 0 Å². The van der Waals surface area contributed by atoms with Crippen LogP contribution in [0.1, 0.15) is 18.9 Å². The first-order valence-corrected chi connectivity index (χ1v) is 7.88. The largest absolute Gasteiger partial charge is 0.464 e. The second-order valence-corrected chi connectivity index (χ2v) is 5.74. The van der Waals surface area contributed by atoms with Gasteiger partial charge >= 0.3 is 5.97 Å². The summed E-state index contributed by atoms with van der Waals surface area (Å²) in [5.74, 6) is 0.573. The van der Waals surface area contributed by atoms with Crippen molar-refractivity contribution in [2.24, 2.45) is 5.11 Å². The number of azide groups is 1. The van der Waals surface area contributed by atoms with Crippen molar-refractivity contribution in [3.63, 3.8) is 0 Å². The summed E-state index contributed by atoms with van der Waals surface area (Å²) in [6.45, 7) is 2.87. The van der Waals surface area contributed by atoms with Crippen LogP contribution < -0.4 is 5.32 Å². The van der Waals surface area contributed by atoms with Gasteiger partial charge in [-0.3, -0.25) is 5.32 Å². The molecule has 0 bridgehead atoms. The highest BCUT2D eigenvalue weighted by atomic mass is 32.2. The fourth-order valence-electron chi connectivity index (χ4n) is 2.48. The van der Waals surface area contributed by atoms with Gasteiger partial charge in [-0.2, -0.15) is 0 Å². The first-order valence-electron chi connectivity index (χ1n) is 6.90. The van der Waals surface area contributed by atoms with Crippen molar-refractivity contribution in [3.05, 3.63) is 40.3 Å². The molecule has 6 nitrogen and oxygen atoms in total. The third kappa shape index (κ3) is 3.32. The summed E-state index contributed by atoms with van der Waals surface area (Å²) < 4.78 is 5.28. The number of rotatable bonds is 6. The predicted molar refractivity (Wildman–Crippen MR) is 82.1 cm³/mol. The number of thioether (sulfide) groups is 1. The molecule has 1 N–H and O–H groups in total. The summed E-state index contributed by atoms with van der Waals surface area (Å²) in [6, 6.07) is 7.86. The fourth-order valence-corrected chi connectivity index (χ4v) is 3.68. The third-order valence-electron chi connectivity index (χ3n) is 3.41. The van der Waals surface area contributed by atoms with E-state index in [4.69, 9.17) is 10.3 Å². The standard InChI is InChI=1S/C14H18N4O2S/c1-2-20-13(19)14(16-8-9-17-18-15)7-10-21-12-6-4-3-5-11(12)14/h3-6,16H,2,7-10H2,1H3. The molecule has 1 unspecified atom stereocenters. The third-order valence-corrected chi connectivity index (χ3v) is 4.48. The van der Waals surface area contributed by atoms with E-state index in [9.17, 15) is 4.79 Å². The zero-order valence-corrected chi connectivity index (χ0v) is 12.7. The van der Waals surface area contributed by atoms with E-state index in [2.05, 4.69) is 15.3 Å². The zero-order valence-electron chi connectivity index (χ0n) is 11.9. The molecule has 21 heavy (non-hydrogen) atoms. The average Bonchev–Trinajstić information content (AvgIpc) is 2.52. The van der Waals surface area contributed by atoms with E-state index < -0.39 is 5.54 Å². The Kier molecular flexibility index (Phi) is 5.50. The lowest BCUT2D eigenvalue weighted by Gasteiger charge is -2.37. The average molecular weight is 306 g/mol. The van der Waals surface area contributed by atoms with E-state index >= 15 is 0 Å². The molecule has 1 atom stereocenters. The molecule has 0 spiro atoms. The first kappa shape index (κ1) is 15.7. The SMILES string of the molecule is CCOC(=O)C1(NCCN=[N+]=[N-])CCSc2ccccc21. The number of hydrogen-bond acceptors (Lipinski definition) is 5. The van der Waals surface area contributed by atoms with Crippen molar-refractivity contribution in [1.29, 1.82) is 0 Å². The molecule has 7 heteroatoms. The number of ether oxygens (including phenoxy) is 1. The lowest BCUT2D eigenvalue weighted by atomic mass is 9.86. The molecule has 0 radical (unpaired) electrons. The van der Waals surface area contributed by atoms with Gasteiger partial charge in [-0.15, -0.1) is 11.8 Å². The molecule has 1 aliphatic heterocycles. The van der Waals surface area contributed by atoms with Crippen molar-refractivity contribution in [3.8, 4) is 0 Å². The minimum Gasteiger partial charge on any atom is -0.464 e. The lowest BCUT2D eigenvalue weighted by Crippen LogP contribution is -2.52. The molecule has 112 valence electrons. The smallest absolute Gasteiger partial charge is 0.331 e. The summed E-state index contributed by atoms with van der Waals surface area (Å²) >= 11 is 1.74. The quantitative estimate of drug-likeness (QED) is 0.288. The van der Waals surface area contributed by atoms with Crippen molar-refractivity contribution in [2.75, 3.05) is 25.4 Å². The summed E-state index contributed by atoms with van der Waals surface area (Å²) in [5, 5.41) is 6.77. The van der Waals surface area contributed by atoms with Crippen LogP contribution in [0.25, 0.3) is 10.4 Å². The molecule has 0 fully saturated rings. The van der Waals surface area contributed by atoms with Crippen molar-refractivity contribution >= 4 is 17.7 Å². The van der Waals surface area contributed by atoms with Gasteiger partial charge in [0.2, 0.25) is 0 Å². The van der Waals surface area contributed by atoms with E-state index in [1.165, 1.54) is 0 Å². The van der Waals surface area contributed by atoms with Crippen LogP contribution in [0.3, 0.4) is 0 Å². The summed E-state index contributed by atoms with van der Waals surface area (Å²) in [4.78, 5) is 16.4. The maximum Gasteiger partial charge on any atom is 0.331 e. The van der Waals surface area contributed by atoms with Crippen LogP contribution >= 0.6 is 11.8 Å². The zero-order chi connectivity index (χ0) is 15.1. The van der Waals surface area contributed by atoms with Gasteiger partial charge in [-0.05, 0) is 30.5 Å². The number of benzene rings is 1. The highest BCUT2D eigenvalue weighted by Crippen LogP contribution is 2.40. The number of carbonyl (C=O) groups excluding carboxylic acids is 1.